The first kappa shape index (κ1) is 19.8. The van der Waals surface area contributed by atoms with Crippen molar-refractivity contribution in [1.29, 1.82) is 0 Å². The minimum absolute atomic E-state index is 0.0850. The van der Waals surface area contributed by atoms with Crippen LogP contribution in [0.2, 0.25) is 0 Å². The Kier molecular flexibility index (Phi) is 6.50. The quantitative estimate of drug-likeness (QED) is 0.413. The molecule has 0 aromatic heterocycles. The van der Waals surface area contributed by atoms with Gasteiger partial charge in [0.15, 0.2) is 11.5 Å². The fourth-order valence-electron chi connectivity index (χ4n) is 3.66. The summed E-state index contributed by atoms with van der Waals surface area (Å²) in [6.45, 7) is 0.0850. The normalized spacial score (nSPS) is 19.1. The number of alkyl halides is 3. The first-order valence-corrected chi connectivity index (χ1v) is 9.47. The van der Waals surface area contributed by atoms with Gasteiger partial charge in [0.1, 0.15) is 6.61 Å². The summed E-state index contributed by atoms with van der Waals surface area (Å²) in [5.41, 5.74) is 0. The van der Waals surface area contributed by atoms with Crippen LogP contribution in [0.5, 0.6) is 17.2 Å². The fourth-order valence-corrected chi connectivity index (χ4v) is 3.66. The van der Waals surface area contributed by atoms with Crippen molar-refractivity contribution in [3.8, 4) is 17.2 Å². The number of hydrogen-bond donors (Lipinski definition) is 0. The van der Waals surface area contributed by atoms with E-state index in [0.717, 1.165) is 38.5 Å². The van der Waals surface area contributed by atoms with Crippen molar-refractivity contribution in [1.82, 2.24) is 0 Å². The van der Waals surface area contributed by atoms with E-state index in [2.05, 4.69) is 4.74 Å². The molecule has 0 aliphatic heterocycles. The molecular formula is C20H24F4O3. The molecular weight excluding hydrogens is 364 g/mol. The van der Waals surface area contributed by atoms with E-state index in [1.54, 1.807) is 6.08 Å². The van der Waals surface area contributed by atoms with Crippen molar-refractivity contribution in [2.75, 3.05) is 6.61 Å². The molecule has 2 aliphatic rings. The Bertz CT molecular complexity index is 645. The summed E-state index contributed by atoms with van der Waals surface area (Å²) in [7, 11) is 0. The Morgan fingerprint density at radius 3 is 2.26 bits per heavy atom. The molecule has 0 bridgehead atoms. The molecule has 2 aliphatic carbocycles. The number of allylic oxidation sites excluding steroid dienone is 1. The Labute approximate surface area is 156 Å². The first-order valence-electron chi connectivity index (χ1n) is 9.47. The van der Waals surface area contributed by atoms with Crippen LogP contribution in [0.25, 0.3) is 0 Å². The van der Waals surface area contributed by atoms with Crippen LogP contribution >= 0.6 is 0 Å². The van der Waals surface area contributed by atoms with Gasteiger partial charge in [-0.25, -0.2) is 0 Å². The summed E-state index contributed by atoms with van der Waals surface area (Å²) >= 11 is 0. The highest BCUT2D eigenvalue weighted by molar-refractivity contribution is 5.47. The van der Waals surface area contributed by atoms with E-state index in [1.807, 2.05) is 6.08 Å². The summed E-state index contributed by atoms with van der Waals surface area (Å²) in [5.74, 6) is -2.19. The molecule has 0 heterocycles. The lowest BCUT2D eigenvalue weighted by Gasteiger charge is -2.19. The van der Waals surface area contributed by atoms with E-state index in [1.165, 1.54) is 25.0 Å². The molecule has 7 heteroatoms. The van der Waals surface area contributed by atoms with Crippen molar-refractivity contribution in [3.63, 3.8) is 0 Å². The first-order chi connectivity index (χ1) is 12.9. The Morgan fingerprint density at radius 1 is 0.963 bits per heavy atom. The molecule has 0 N–H and O–H groups in total. The van der Waals surface area contributed by atoms with Crippen molar-refractivity contribution in [3.05, 3.63) is 30.1 Å². The summed E-state index contributed by atoms with van der Waals surface area (Å²) in [4.78, 5) is 0. The van der Waals surface area contributed by atoms with Gasteiger partial charge < -0.3 is 14.2 Å². The van der Waals surface area contributed by atoms with Crippen molar-refractivity contribution < 1.29 is 31.8 Å². The molecule has 0 saturated heterocycles. The SMILES string of the molecule is Fc1c(OC/C=C/C2CCCC2)ccc(OC2CCCC2)c1OC(F)(F)F. The molecule has 0 spiro atoms. The Balaban J connectivity index is 1.70. The lowest BCUT2D eigenvalue weighted by Crippen LogP contribution is -2.20. The topological polar surface area (TPSA) is 27.7 Å². The lowest BCUT2D eigenvalue weighted by molar-refractivity contribution is -0.276. The lowest BCUT2D eigenvalue weighted by atomic mass is 10.1. The number of halogens is 4. The van der Waals surface area contributed by atoms with Gasteiger partial charge in [-0.3, -0.25) is 0 Å². The Morgan fingerprint density at radius 2 is 1.59 bits per heavy atom. The molecule has 27 heavy (non-hydrogen) atoms. The van der Waals surface area contributed by atoms with Crippen LogP contribution in [0.4, 0.5) is 17.6 Å². The fraction of sp³-hybridized carbons (Fsp3) is 0.600. The van der Waals surface area contributed by atoms with E-state index in [-0.39, 0.29) is 24.2 Å². The van der Waals surface area contributed by atoms with E-state index in [0.29, 0.717) is 5.92 Å². The van der Waals surface area contributed by atoms with Gasteiger partial charge in [-0.2, -0.15) is 4.39 Å². The molecule has 0 radical (unpaired) electrons. The van der Waals surface area contributed by atoms with Crippen LogP contribution in [-0.4, -0.2) is 19.1 Å². The number of benzene rings is 1. The molecule has 0 unspecified atom stereocenters. The van der Waals surface area contributed by atoms with E-state index < -0.39 is 17.9 Å². The minimum Gasteiger partial charge on any atom is -0.486 e. The van der Waals surface area contributed by atoms with Crippen LogP contribution in [0, 0.1) is 11.7 Å². The summed E-state index contributed by atoms with van der Waals surface area (Å²) in [5, 5.41) is 0. The molecule has 0 amide bonds. The average molecular weight is 388 g/mol. The van der Waals surface area contributed by atoms with Gasteiger partial charge in [0.2, 0.25) is 11.6 Å². The van der Waals surface area contributed by atoms with Gasteiger partial charge in [0, 0.05) is 0 Å². The van der Waals surface area contributed by atoms with Crippen LogP contribution in [0.15, 0.2) is 24.3 Å². The summed E-state index contributed by atoms with van der Waals surface area (Å²) in [6.07, 6.45) is 6.57. The third-order valence-electron chi connectivity index (χ3n) is 4.98. The van der Waals surface area contributed by atoms with Gasteiger partial charge in [0.25, 0.3) is 0 Å². The second-order valence-electron chi connectivity index (χ2n) is 7.06. The molecule has 3 nitrogen and oxygen atoms in total. The summed E-state index contributed by atoms with van der Waals surface area (Å²) in [6, 6.07) is 2.56. The molecule has 2 saturated carbocycles. The second kappa shape index (κ2) is 8.85. The van der Waals surface area contributed by atoms with Crippen molar-refractivity contribution in [2.45, 2.75) is 63.8 Å². The van der Waals surface area contributed by atoms with E-state index in [9.17, 15) is 17.6 Å². The Hall–Kier alpha value is -1.92. The maximum atomic E-state index is 14.6. The average Bonchev–Trinajstić information content (AvgIpc) is 3.29. The van der Waals surface area contributed by atoms with Gasteiger partial charge in [-0.05, 0) is 56.6 Å². The van der Waals surface area contributed by atoms with Crippen molar-refractivity contribution >= 4 is 0 Å². The van der Waals surface area contributed by atoms with Gasteiger partial charge >= 0.3 is 6.36 Å². The predicted octanol–water partition coefficient (Wildman–Crippen LogP) is 6.17. The molecule has 3 rings (SSSR count). The maximum Gasteiger partial charge on any atom is 0.573 e. The minimum atomic E-state index is -5.02. The molecule has 150 valence electrons. The zero-order valence-electron chi connectivity index (χ0n) is 15.1. The molecule has 1 aromatic rings. The third kappa shape index (κ3) is 5.78. The highest BCUT2D eigenvalue weighted by Gasteiger charge is 2.35. The molecule has 1 aromatic carbocycles. The van der Waals surface area contributed by atoms with Crippen molar-refractivity contribution in [2.24, 2.45) is 5.92 Å². The standard InChI is InChI=1S/C20H24F4O3/c21-18-16(25-13-5-8-14-6-1-2-7-14)11-12-17(19(18)27-20(22,23)24)26-15-9-3-4-10-15/h5,8,11-12,14-15H,1-4,6-7,9-10,13H2/b8-5+. The highest BCUT2D eigenvalue weighted by atomic mass is 19.4. The van der Waals surface area contributed by atoms with E-state index in [4.69, 9.17) is 9.47 Å². The number of ether oxygens (including phenoxy) is 3. The monoisotopic (exact) mass is 388 g/mol. The number of hydrogen-bond acceptors (Lipinski definition) is 3. The molecule has 0 atom stereocenters. The molecule has 2 fully saturated rings. The van der Waals surface area contributed by atoms with Crippen LogP contribution in [0.3, 0.4) is 0 Å². The van der Waals surface area contributed by atoms with Crippen LogP contribution in [-0.2, 0) is 0 Å². The van der Waals surface area contributed by atoms with Crippen LogP contribution in [0.1, 0.15) is 51.4 Å². The third-order valence-corrected chi connectivity index (χ3v) is 4.98. The van der Waals surface area contributed by atoms with Gasteiger partial charge in [-0.1, -0.05) is 25.0 Å². The largest absolute Gasteiger partial charge is 0.573 e. The second-order valence-corrected chi connectivity index (χ2v) is 7.06. The number of rotatable bonds is 7. The van der Waals surface area contributed by atoms with Gasteiger partial charge in [0.05, 0.1) is 6.10 Å². The van der Waals surface area contributed by atoms with Gasteiger partial charge in [-0.15, -0.1) is 13.2 Å². The summed E-state index contributed by atoms with van der Waals surface area (Å²) < 4.78 is 67.6. The maximum absolute atomic E-state index is 14.6. The van der Waals surface area contributed by atoms with Crippen LogP contribution < -0.4 is 14.2 Å². The van der Waals surface area contributed by atoms with E-state index >= 15 is 0 Å². The zero-order valence-corrected chi connectivity index (χ0v) is 15.1. The smallest absolute Gasteiger partial charge is 0.486 e. The zero-order chi connectivity index (χ0) is 19.3. The predicted molar refractivity (Wildman–Crippen MR) is 92.6 cm³/mol. The highest BCUT2D eigenvalue weighted by Crippen LogP contribution is 2.41.